The smallest absolute Gasteiger partial charge is 0.404 e. The number of anilines is 2. The first kappa shape index (κ1) is 17.3. The highest BCUT2D eigenvalue weighted by Crippen LogP contribution is 2.35. The average molecular weight is 373 g/mol. The summed E-state index contributed by atoms with van der Waals surface area (Å²) in [5, 5.41) is 18.9. The van der Waals surface area contributed by atoms with Crippen molar-refractivity contribution in [2.24, 2.45) is 0 Å². The molecule has 8 nitrogen and oxygen atoms in total. The number of nitrogens with zero attached hydrogens (tertiary/aromatic N) is 2. The fourth-order valence-electron chi connectivity index (χ4n) is 3.95. The maximum Gasteiger partial charge on any atom is 0.404 e. The lowest BCUT2D eigenvalue weighted by molar-refractivity contribution is 0.0859. The molecular weight excluding hydrogens is 353 g/mol. The van der Waals surface area contributed by atoms with Crippen LogP contribution in [0.5, 0.6) is 0 Å². The highest BCUT2D eigenvalue weighted by molar-refractivity contribution is 5.90. The molecule has 1 aliphatic heterocycles. The van der Waals surface area contributed by atoms with Gasteiger partial charge in [-0.3, -0.25) is 4.79 Å². The van der Waals surface area contributed by atoms with E-state index < -0.39 is 17.8 Å². The van der Waals surface area contributed by atoms with Crippen LogP contribution in [0.25, 0.3) is 0 Å². The molecule has 142 valence electrons. The second-order valence-corrected chi connectivity index (χ2v) is 6.95. The molecule has 0 saturated carbocycles. The van der Waals surface area contributed by atoms with E-state index in [-0.39, 0.29) is 17.8 Å². The van der Waals surface area contributed by atoms with Gasteiger partial charge in [-0.05, 0) is 49.4 Å². The molecule has 5 N–H and O–H groups in total. The second-order valence-electron chi connectivity index (χ2n) is 6.95. The molecule has 1 aromatic carbocycles. The normalized spacial score (nSPS) is 20.9. The first-order valence-corrected chi connectivity index (χ1v) is 8.87. The van der Waals surface area contributed by atoms with Gasteiger partial charge in [-0.15, -0.1) is 0 Å². The molecule has 1 amide bonds. The third-order valence-corrected chi connectivity index (χ3v) is 5.26. The van der Waals surface area contributed by atoms with Gasteiger partial charge in [0, 0.05) is 23.8 Å². The summed E-state index contributed by atoms with van der Waals surface area (Å²) in [5.74, 6) is -0.986. The van der Waals surface area contributed by atoms with E-state index >= 15 is 0 Å². The minimum Gasteiger partial charge on any atom is -0.465 e. The molecule has 0 unspecified atom stereocenters. The first-order chi connectivity index (χ1) is 12.9. The third-order valence-electron chi connectivity index (χ3n) is 5.26. The van der Waals surface area contributed by atoms with E-state index in [0.717, 1.165) is 11.4 Å². The van der Waals surface area contributed by atoms with Crippen molar-refractivity contribution in [1.29, 1.82) is 0 Å². The summed E-state index contributed by atoms with van der Waals surface area (Å²) in [6.45, 7) is 0.598. The number of nitrogens with one attached hydrogen (secondary N) is 2. The lowest BCUT2D eigenvalue weighted by atomic mass is 9.90. The first-order valence-electron chi connectivity index (χ1n) is 8.87. The Kier molecular flexibility index (Phi) is 4.21. The maximum atomic E-state index is 13.7. The largest absolute Gasteiger partial charge is 0.465 e. The van der Waals surface area contributed by atoms with Gasteiger partial charge in [0.1, 0.15) is 11.6 Å². The SMILES string of the molecule is Nc1c2c(nn1C(=O)[C@@H]1CCNc3ccc(F)cc31)CC[C@@H](NC(=O)O)C2. The number of fused-ring (bicyclic) bond motifs is 2. The van der Waals surface area contributed by atoms with Crippen LogP contribution in [0.1, 0.15) is 40.4 Å². The van der Waals surface area contributed by atoms with E-state index in [4.69, 9.17) is 10.8 Å². The molecule has 2 atom stereocenters. The van der Waals surface area contributed by atoms with Gasteiger partial charge in [-0.1, -0.05) is 0 Å². The van der Waals surface area contributed by atoms with Crippen LogP contribution in [-0.2, 0) is 12.8 Å². The van der Waals surface area contributed by atoms with Crippen LogP contribution in [0.15, 0.2) is 18.2 Å². The molecule has 1 aliphatic carbocycles. The lowest BCUT2D eigenvalue weighted by Crippen LogP contribution is -2.37. The van der Waals surface area contributed by atoms with Gasteiger partial charge in [0.15, 0.2) is 0 Å². The molecule has 4 rings (SSSR count). The zero-order valence-electron chi connectivity index (χ0n) is 14.5. The number of hydrogen-bond donors (Lipinski definition) is 4. The number of carbonyl (C=O) groups excluding carboxylic acids is 1. The highest BCUT2D eigenvalue weighted by Gasteiger charge is 2.33. The van der Waals surface area contributed by atoms with Crippen LogP contribution in [0, 0.1) is 5.82 Å². The Balaban J connectivity index is 1.64. The van der Waals surface area contributed by atoms with E-state index in [1.54, 1.807) is 6.07 Å². The number of nitrogens with two attached hydrogens (primary N) is 1. The van der Waals surface area contributed by atoms with Crippen LogP contribution in [0.3, 0.4) is 0 Å². The van der Waals surface area contributed by atoms with Crippen LogP contribution >= 0.6 is 0 Å². The van der Waals surface area contributed by atoms with Gasteiger partial charge in [-0.25, -0.2) is 9.18 Å². The number of carbonyl (C=O) groups is 2. The number of hydrogen-bond acceptors (Lipinski definition) is 5. The summed E-state index contributed by atoms with van der Waals surface area (Å²) < 4.78 is 14.9. The minimum absolute atomic E-state index is 0.239. The molecule has 27 heavy (non-hydrogen) atoms. The number of aromatic nitrogens is 2. The summed E-state index contributed by atoms with van der Waals surface area (Å²) in [6, 6.07) is 4.11. The van der Waals surface area contributed by atoms with E-state index in [1.807, 2.05) is 0 Å². The molecule has 2 aliphatic rings. The number of halogens is 1. The highest BCUT2D eigenvalue weighted by atomic mass is 19.1. The second kappa shape index (κ2) is 6.57. The standard InChI is InChI=1S/C18H20FN5O3/c19-9-1-3-14-12(7-9)11(5-6-21-14)17(25)24-16(20)13-8-10(22-18(26)27)2-4-15(13)23-24/h1,3,7,10-11,21-22H,2,4-6,8,20H2,(H,26,27)/t10-,11-/m1/s1. The molecular formula is C18H20FN5O3. The van der Waals surface area contributed by atoms with Crippen molar-refractivity contribution in [3.05, 3.63) is 40.8 Å². The summed E-state index contributed by atoms with van der Waals surface area (Å²) in [7, 11) is 0. The van der Waals surface area contributed by atoms with Gasteiger partial charge >= 0.3 is 6.09 Å². The summed E-state index contributed by atoms with van der Waals surface area (Å²) in [5.41, 5.74) is 8.96. The van der Waals surface area contributed by atoms with E-state index in [2.05, 4.69) is 15.7 Å². The number of nitrogen functional groups attached to an aromatic ring is 1. The Morgan fingerprint density at radius 3 is 2.96 bits per heavy atom. The number of amides is 1. The van der Waals surface area contributed by atoms with Crippen molar-refractivity contribution in [3.8, 4) is 0 Å². The number of carboxylic acid groups (broad SMARTS) is 1. The minimum atomic E-state index is -1.08. The number of rotatable bonds is 2. The zero-order chi connectivity index (χ0) is 19.1. The van der Waals surface area contributed by atoms with Crippen LogP contribution in [-0.4, -0.2) is 39.5 Å². The Labute approximate surface area is 154 Å². The Morgan fingerprint density at radius 1 is 1.37 bits per heavy atom. The fourth-order valence-corrected chi connectivity index (χ4v) is 3.95. The molecule has 1 aromatic heterocycles. The summed E-state index contributed by atoms with van der Waals surface area (Å²) >= 11 is 0. The summed E-state index contributed by atoms with van der Waals surface area (Å²) in [6.07, 6.45) is 0.979. The molecule has 2 aromatic rings. The molecule has 0 fully saturated rings. The van der Waals surface area contributed by atoms with Crippen LogP contribution < -0.4 is 16.4 Å². The molecule has 9 heteroatoms. The molecule has 0 saturated heterocycles. The third kappa shape index (κ3) is 3.09. The summed E-state index contributed by atoms with van der Waals surface area (Å²) in [4.78, 5) is 24.0. The Morgan fingerprint density at radius 2 is 2.19 bits per heavy atom. The average Bonchev–Trinajstić information content (AvgIpc) is 2.96. The predicted octanol–water partition coefficient (Wildman–Crippen LogP) is 1.97. The van der Waals surface area contributed by atoms with E-state index in [1.165, 1.54) is 16.8 Å². The van der Waals surface area contributed by atoms with E-state index in [0.29, 0.717) is 43.4 Å². The number of benzene rings is 1. The van der Waals surface area contributed by atoms with E-state index in [9.17, 15) is 14.0 Å². The van der Waals surface area contributed by atoms with Crippen molar-refractivity contribution in [3.63, 3.8) is 0 Å². The Bertz CT molecular complexity index is 926. The van der Waals surface area contributed by atoms with Crippen molar-refractivity contribution in [2.45, 2.75) is 37.6 Å². The van der Waals surface area contributed by atoms with Gasteiger partial charge in [-0.2, -0.15) is 9.78 Å². The van der Waals surface area contributed by atoms with Crippen LogP contribution in [0.2, 0.25) is 0 Å². The monoisotopic (exact) mass is 373 g/mol. The van der Waals surface area contributed by atoms with Gasteiger partial charge in [0.2, 0.25) is 0 Å². The van der Waals surface area contributed by atoms with Gasteiger partial charge in [0.05, 0.1) is 11.6 Å². The molecule has 2 heterocycles. The van der Waals surface area contributed by atoms with Crippen molar-refractivity contribution in [2.75, 3.05) is 17.6 Å². The van der Waals surface area contributed by atoms with Crippen molar-refractivity contribution < 1.29 is 19.1 Å². The quantitative estimate of drug-likeness (QED) is 0.638. The number of aryl methyl sites for hydroxylation is 1. The maximum absolute atomic E-state index is 13.7. The molecule has 0 radical (unpaired) electrons. The lowest BCUT2D eigenvalue weighted by Gasteiger charge is -2.25. The Hall–Kier alpha value is -3.10. The molecule has 0 bridgehead atoms. The van der Waals surface area contributed by atoms with Crippen LogP contribution in [0.4, 0.5) is 20.7 Å². The van der Waals surface area contributed by atoms with Gasteiger partial charge < -0.3 is 21.5 Å². The predicted molar refractivity (Wildman–Crippen MR) is 96.5 cm³/mol. The van der Waals surface area contributed by atoms with Crippen molar-refractivity contribution in [1.82, 2.24) is 15.1 Å². The van der Waals surface area contributed by atoms with Crippen molar-refractivity contribution >= 4 is 23.5 Å². The van der Waals surface area contributed by atoms with Gasteiger partial charge in [0.25, 0.3) is 5.91 Å². The fraction of sp³-hybridized carbons (Fsp3) is 0.389. The zero-order valence-corrected chi connectivity index (χ0v) is 14.5. The molecule has 0 spiro atoms. The topological polar surface area (TPSA) is 122 Å².